The van der Waals surface area contributed by atoms with Gasteiger partial charge in [-0.15, -0.1) is 12.4 Å². The summed E-state index contributed by atoms with van der Waals surface area (Å²) >= 11 is 0. The lowest BCUT2D eigenvalue weighted by Gasteiger charge is -2.41. The molecule has 1 fully saturated rings. The molecule has 1 aromatic rings. The average molecular weight is 529 g/mol. The first-order chi connectivity index (χ1) is 14.3. The monoisotopic (exact) mass is 528 g/mol. The van der Waals surface area contributed by atoms with E-state index in [1.165, 1.54) is 13.8 Å². The fourth-order valence-electron chi connectivity index (χ4n) is 3.63. The molecule has 1 aliphatic rings. The third-order valence-corrected chi connectivity index (χ3v) is 7.42. The number of hydrogen-bond acceptors (Lipinski definition) is 4. The van der Waals surface area contributed by atoms with Gasteiger partial charge in [-0.1, -0.05) is 6.07 Å². The van der Waals surface area contributed by atoms with E-state index >= 15 is 4.39 Å². The van der Waals surface area contributed by atoms with Crippen LogP contribution in [0.3, 0.4) is 0 Å². The number of carbonyl (C=O) groups excluding carboxylic acids is 1. The highest BCUT2D eigenvalue weighted by Crippen LogP contribution is 2.43. The van der Waals surface area contributed by atoms with Crippen molar-refractivity contribution in [2.24, 2.45) is 5.73 Å². The van der Waals surface area contributed by atoms with Crippen molar-refractivity contribution >= 4 is 28.2 Å². The molecule has 0 unspecified atom stereocenters. The van der Waals surface area contributed by atoms with Gasteiger partial charge in [0, 0.05) is 18.1 Å². The van der Waals surface area contributed by atoms with E-state index in [2.05, 4.69) is 0 Å². The molecule has 1 aromatic carbocycles. The molecule has 0 atom stereocenters. The predicted molar refractivity (Wildman–Crippen MR) is 108 cm³/mol. The topological polar surface area (TPSA) is 80.5 Å². The van der Waals surface area contributed by atoms with Crippen LogP contribution in [0.25, 0.3) is 0 Å². The van der Waals surface area contributed by atoms with Crippen LogP contribution in [0.5, 0.6) is 0 Å². The van der Waals surface area contributed by atoms with Crippen molar-refractivity contribution in [2.45, 2.75) is 73.4 Å². The number of rotatable bonds is 5. The zero-order chi connectivity index (χ0) is 24.8. The van der Waals surface area contributed by atoms with E-state index in [9.17, 15) is 39.6 Å². The Balaban J connectivity index is 0.00000544. The Hall–Kier alpha value is -1.60. The molecule has 1 amide bonds. The van der Waals surface area contributed by atoms with Gasteiger partial charge in [-0.25, -0.2) is 12.8 Å². The van der Waals surface area contributed by atoms with E-state index in [1.807, 2.05) is 0 Å². The van der Waals surface area contributed by atoms with E-state index in [0.717, 1.165) is 12.1 Å². The summed E-state index contributed by atoms with van der Waals surface area (Å²) in [5.41, 5.74) is 3.26. The van der Waals surface area contributed by atoms with Gasteiger partial charge in [0.15, 0.2) is 0 Å². The molecule has 190 valence electrons. The first-order valence-corrected chi connectivity index (χ1v) is 11.0. The maximum atomic E-state index is 15.5. The van der Waals surface area contributed by atoms with E-state index in [0.29, 0.717) is 17.0 Å². The van der Waals surface area contributed by atoms with Gasteiger partial charge in [0.1, 0.15) is 0 Å². The highest BCUT2D eigenvalue weighted by Gasteiger charge is 2.52. The van der Waals surface area contributed by atoms with E-state index < -0.39 is 87.4 Å². The van der Waals surface area contributed by atoms with Crippen LogP contribution in [-0.2, 0) is 20.8 Å². The molecule has 0 bridgehead atoms. The van der Waals surface area contributed by atoms with Gasteiger partial charge < -0.3 is 10.6 Å². The van der Waals surface area contributed by atoms with Crippen molar-refractivity contribution < 1.29 is 43.9 Å². The minimum atomic E-state index is -5.21. The third-order valence-electron chi connectivity index (χ3n) is 5.18. The van der Waals surface area contributed by atoms with Gasteiger partial charge in [-0.05, 0) is 57.7 Å². The number of carbonyl (C=O) groups is 1. The molecule has 0 spiro atoms. The Morgan fingerprint density at radius 2 is 1.64 bits per heavy atom. The lowest BCUT2D eigenvalue weighted by atomic mass is 9.91. The summed E-state index contributed by atoms with van der Waals surface area (Å²) in [5, 5.41) is -2.99. The molecule has 0 saturated heterocycles. The Labute approximate surface area is 192 Å². The summed E-state index contributed by atoms with van der Waals surface area (Å²) in [7, 11) is -4.89. The van der Waals surface area contributed by atoms with Crippen LogP contribution in [0.1, 0.15) is 45.1 Å². The number of amides is 1. The normalized spacial score (nSPS) is 22.4. The quantitative estimate of drug-likeness (QED) is 0.565. The zero-order valence-electron chi connectivity index (χ0n) is 17.6. The van der Waals surface area contributed by atoms with Crippen LogP contribution in [-0.4, -0.2) is 48.5 Å². The Morgan fingerprint density at radius 3 is 2.06 bits per heavy atom. The number of hydrogen-bond donors (Lipinski definition) is 1. The Morgan fingerprint density at radius 1 is 1.12 bits per heavy atom. The number of benzene rings is 1. The second-order valence-electron chi connectivity index (χ2n) is 8.56. The molecule has 0 aromatic heterocycles. The molecule has 1 saturated carbocycles. The van der Waals surface area contributed by atoms with Crippen LogP contribution in [0, 0.1) is 0 Å². The second-order valence-corrected chi connectivity index (χ2v) is 10.8. The van der Waals surface area contributed by atoms with Gasteiger partial charge in [-0.3, -0.25) is 4.79 Å². The lowest BCUT2D eigenvalue weighted by molar-refractivity contribution is -0.189. The summed E-state index contributed by atoms with van der Waals surface area (Å²) in [6.45, 7) is 2.28. The Bertz CT molecular complexity index is 951. The van der Waals surface area contributed by atoms with Crippen LogP contribution in [0.15, 0.2) is 29.2 Å². The van der Waals surface area contributed by atoms with Gasteiger partial charge in [0.25, 0.3) is 0 Å². The number of nitrogens with zero attached hydrogens (tertiary/aromatic N) is 1. The minimum absolute atomic E-state index is 0. The van der Waals surface area contributed by atoms with Crippen molar-refractivity contribution in [3.8, 4) is 0 Å². The van der Waals surface area contributed by atoms with Crippen molar-refractivity contribution in [1.82, 2.24) is 4.90 Å². The number of nitrogens with two attached hydrogens (primary N) is 1. The fourth-order valence-corrected chi connectivity index (χ4v) is 5.37. The van der Waals surface area contributed by atoms with Crippen LogP contribution in [0.2, 0.25) is 0 Å². The fraction of sp³-hybridized carbons (Fsp3) is 0.632. The molecule has 1 aliphatic carbocycles. The molecule has 0 heterocycles. The molecule has 14 heteroatoms. The van der Waals surface area contributed by atoms with Crippen molar-refractivity contribution in [3.05, 3.63) is 29.8 Å². The highest BCUT2D eigenvalue weighted by molar-refractivity contribution is 7.92. The maximum absolute atomic E-state index is 15.5. The summed E-state index contributed by atoms with van der Waals surface area (Å²) in [6, 6.07) is 1.48. The number of halogens is 8. The molecule has 0 aliphatic heterocycles. The third kappa shape index (κ3) is 6.72. The molecule has 5 nitrogen and oxygen atoms in total. The Kier molecular flexibility index (Phi) is 8.54. The van der Waals surface area contributed by atoms with Crippen LogP contribution < -0.4 is 5.73 Å². The summed E-state index contributed by atoms with van der Waals surface area (Å²) in [6.07, 6.45) is -12.5. The molecular weight excluding hydrogens is 505 g/mol. The molecule has 2 N–H and O–H groups in total. The van der Waals surface area contributed by atoms with Crippen LogP contribution in [0.4, 0.5) is 30.7 Å². The largest absolute Gasteiger partial charge is 0.471 e. The van der Waals surface area contributed by atoms with E-state index in [-0.39, 0.29) is 12.4 Å². The SMILES string of the molecule is CC(C)(N)CN(C(=O)C(F)(F)F)[C@H]1CC[C@](F)(S(=O)(=O)c2cccc(C(F)(F)F)c2)CC1.Cl. The molecule has 2 rings (SSSR count). The second kappa shape index (κ2) is 9.57. The average Bonchev–Trinajstić information content (AvgIpc) is 2.64. The molecular formula is C19H24ClF7N2O3S. The predicted octanol–water partition coefficient (Wildman–Crippen LogP) is 4.64. The smallest absolute Gasteiger partial charge is 0.330 e. The van der Waals surface area contributed by atoms with E-state index in [1.54, 1.807) is 0 Å². The van der Waals surface area contributed by atoms with Gasteiger partial charge in [0.05, 0.1) is 10.5 Å². The van der Waals surface area contributed by atoms with Gasteiger partial charge in [0.2, 0.25) is 14.8 Å². The van der Waals surface area contributed by atoms with Gasteiger partial charge >= 0.3 is 18.3 Å². The molecule has 33 heavy (non-hydrogen) atoms. The lowest BCUT2D eigenvalue weighted by Crippen LogP contribution is -2.56. The van der Waals surface area contributed by atoms with Crippen molar-refractivity contribution in [3.63, 3.8) is 0 Å². The van der Waals surface area contributed by atoms with Crippen molar-refractivity contribution in [1.29, 1.82) is 0 Å². The maximum Gasteiger partial charge on any atom is 0.471 e. The molecule has 0 radical (unpaired) electrons. The summed E-state index contributed by atoms with van der Waals surface area (Å²) in [4.78, 5) is 11.5. The first kappa shape index (κ1) is 29.4. The van der Waals surface area contributed by atoms with E-state index in [4.69, 9.17) is 5.73 Å². The summed E-state index contributed by atoms with van der Waals surface area (Å²) < 4.78 is 119. The first-order valence-electron chi connectivity index (χ1n) is 9.55. The number of alkyl halides is 7. The summed E-state index contributed by atoms with van der Waals surface area (Å²) in [5.74, 6) is -2.17. The zero-order valence-corrected chi connectivity index (χ0v) is 19.3. The van der Waals surface area contributed by atoms with Crippen LogP contribution >= 0.6 is 12.4 Å². The standard InChI is InChI=1S/C19H23F7N2O3S.ClH/c1-16(2,27)11-28(15(29)19(24,25)26)13-6-8-17(20,9-7-13)32(30,31)14-5-3-4-12(10-14)18(21,22)23;/h3-5,10,13H,6-9,11,27H2,1-2H3;1H/t13-,17-;. The minimum Gasteiger partial charge on any atom is -0.330 e. The highest BCUT2D eigenvalue weighted by atomic mass is 35.5. The van der Waals surface area contributed by atoms with Gasteiger partial charge in [-0.2, -0.15) is 26.3 Å². The number of sulfone groups is 1. The van der Waals surface area contributed by atoms with Crippen molar-refractivity contribution in [2.75, 3.05) is 6.54 Å².